The maximum absolute atomic E-state index is 13.5. The van der Waals surface area contributed by atoms with Gasteiger partial charge in [0, 0.05) is 38.3 Å². The van der Waals surface area contributed by atoms with Gasteiger partial charge >= 0.3 is 6.18 Å². The standard InChI is InChI=1S/C26H33F3N4O2/c1-31-23(34)22-15-25(17-33(22)24(35)18-6-4-2-3-5-7-18)10-12-32(13-11-25)20-9-8-19(16-30)21(14-20)26(27,28)29/h8-9,14,18,22H,2-7,10-13,15,17H2,1H3,(H,31,34). The predicted molar refractivity (Wildman–Crippen MR) is 125 cm³/mol. The first-order chi connectivity index (χ1) is 16.7. The van der Waals surface area contributed by atoms with E-state index in [1.54, 1.807) is 24.1 Å². The summed E-state index contributed by atoms with van der Waals surface area (Å²) in [7, 11) is 1.59. The smallest absolute Gasteiger partial charge is 0.371 e. The summed E-state index contributed by atoms with van der Waals surface area (Å²) in [5, 5.41) is 11.8. The van der Waals surface area contributed by atoms with Gasteiger partial charge in [-0.05, 0) is 55.7 Å². The number of benzene rings is 1. The molecule has 1 aliphatic carbocycles. The molecule has 1 spiro atoms. The predicted octanol–water partition coefficient (Wildman–Crippen LogP) is 4.48. The average molecular weight is 491 g/mol. The van der Waals surface area contributed by atoms with Crippen molar-refractivity contribution in [1.29, 1.82) is 5.26 Å². The number of alkyl halides is 3. The second kappa shape index (κ2) is 10.1. The summed E-state index contributed by atoms with van der Waals surface area (Å²) < 4.78 is 40.3. The lowest BCUT2D eigenvalue weighted by Crippen LogP contribution is -2.47. The number of rotatable bonds is 3. The van der Waals surface area contributed by atoms with Gasteiger partial charge in [0.2, 0.25) is 11.8 Å². The summed E-state index contributed by atoms with van der Waals surface area (Å²) in [4.78, 5) is 29.9. The SMILES string of the molecule is CNC(=O)C1CC2(CCN(c3ccc(C#N)c(C(F)(F)F)c3)CC2)CN1C(=O)C1CCCCCC1. The zero-order valence-electron chi connectivity index (χ0n) is 20.2. The molecule has 2 aliphatic heterocycles. The number of anilines is 1. The van der Waals surface area contributed by atoms with Crippen LogP contribution in [0.2, 0.25) is 0 Å². The van der Waals surface area contributed by atoms with Crippen molar-refractivity contribution in [3.05, 3.63) is 29.3 Å². The molecule has 1 saturated carbocycles. The summed E-state index contributed by atoms with van der Waals surface area (Å²) in [6, 6.07) is 4.98. The van der Waals surface area contributed by atoms with Crippen molar-refractivity contribution >= 4 is 17.5 Å². The number of nitriles is 1. The second-order valence-corrected chi connectivity index (χ2v) is 10.3. The molecule has 1 N–H and O–H groups in total. The molecule has 190 valence electrons. The molecule has 2 heterocycles. The Hall–Kier alpha value is -2.76. The van der Waals surface area contributed by atoms with Crippen LogP contribution in [0.15, 0.2) is 18.2 Å². The Kier molecular flexibility index (Phi) is 7.30. The van der Waals surface area contributed by atoms with Crippen molar-refractivity contribution < 1.29 is 22.8 Å². The van der Waals surface area contributed by atoms with Gasteiger partial charge in [-0.1, -0.05) is 25.7 Å². The van der Waals surface area contributed by atoms with Crippen LogP contribution in [0.5, 0.6) is 0 Å². The molecule has 6 nitrogen and oxygen atoms in total. The quantitative estimate of drug-likeness (QED) is 0.634. The van der Waals surface area contributed by atoms with E-state index in [2.05, 4.69) is 5.32 Å². The molecule has 1 aromatic rings. The summed E-state index contributed by atoms with van der Waals surface area (Å²) in [5.41, 5.74) is -1.07. The van der Waals surface area contributed by atoms with Crippen molar-refractivity contribution in [2.45, 2.75) is 70.0 Å². The Labute approximate surface area is 204 Å². The van der Waals surface area contributed by atoms with E-state index >= 15 is 0 Å². The Balaban J connectivity index is 1.49. The van der Waals surface area contributed by atoms with Crippen LogP contribution in [0.3, 0.4) is 0 Å². The highest BCUT2D eigenvalue weighted by Gasteiger charge is 2.50. The largest absolute Gasteiger partial charge is 0.417 e. The minimum atomic E-state index is -4.59. The number of nitrogens with zero attached hydrogens (tertiary/aromatic N) is 3. The number of carbonyl (C=O) groups excluding carboxylic acids is 2. The number of likely N-dealkylation sites (N-methyl/N-ethyl adjacent to an activating group) is 1. The molecule has 1 unspecified atom stereocenters. The van der Waals surface area contributed by atoms with Gasteiger partial charge in [-0.2, -0.15) is 18.4 Å². The van der Waals surface area contributed by atoms with Crippen LogP contribution in [0.25, 0.3) is 0 Å². The fraction of sp³-hybridized carbons (Fsp3) is 0.654. The average Bonchev–Trinajstić information content (AvgIpc) is 3.02. The molecular formula is C26H33F3N4O2. The van der Waals surface area contributed by atoms with Crippen LogP contribution in [-0.2, 0) is 15.8 Å². The van der Waals surface area contributed by atoms with Gasteiger partial charge in [0.1, 0.15) is 6.04 Å². The first kappa shape index (κ1) is 25.3. The van der Waals surface area contributed by atoms with E-state index in [-0.39, 0.29) is 28.7 Å². The van der Waals surface area contributed by atoms with Gasteiger partial charge < -0.3 is 15.1 Å². The normalized spacial score (nSPS) is 23.1. The lowest BCUT2D eigenvalue weighted by molar-refractivity contribution is -0.142. The maximum Gasteiger partial charge on any atom is 0.417 e. The number of piperidine rings is 1. The molecule has 2 saturated heterocycles. The van der Waals surface area contributed by atoms with E-state index < -0.39 is 17.8 Å². The van der Waals surface area contributed by atoms with Gasteiger partial charge in [-0.25, -0.2) is 0 Å². The van der Waals surface area contributed by atoms with Crippen LogP contribution >= 0.6 is 0 Å². The van der Waals surface area contributed by atoms with E-state index in [4.69, 9.17) is 5.26 Å². The Morgan fingerprint density at radius 3 is 2.34 bits per heavy atom. The minimum Gasteiger partial charge on any atom is -0.371 e. The Bertz CT molecular complexity index is 987. The fourth-order valence-electron chi connectivity index (χ4n) is 6.11. The van der Waals surface area contributed by atoms with E-state index in [1.165, 1.54) is 6.07 Å². The molecular weight excluding hydrogens is 457 g/mol. The topological polar surface area (TPSA) is 76.4 Å². The molecule has 4 rings (SSSR count). The van der Waals surface area contributed by atoms with E-state index in [9.17, 15) is 22.8 Å². The van der Waals surface area contributed by atoms with E-state index in [0.717, 1.165) is 44.6 Å². The zero-order chi connectivity index (χ0) is 25.2. The molecule has 1 aromatic carbocycles. The summed E-state index contributed by atoms with van der Waals surface area (Å²) >= 11 is 0. The molecule has 3 fully saturated rings. The third-order valence-corrected chi connectivity index (χ3v) is 8.16. The number of likely N-dealkylation sites (tertiary alicyclic amines) is 1. The van der Waals surface area contributed by atoms with Gasteiger partial charge in [0.25, 0.3) is 0 Å². The van der Waals surface area contributed by atoms with Crippen LogP contribution in [0, 0.1) is 22.7 Å². The number of halogens is 3. The van der Waals surface area contributed by atoms with Gasteiger partial charge in [-0.3, -0.25) is 9.59 Å². The Morgan fingerprint density at radius 2 is 1.77 bits per heavy atom. The first-order valence-corrected chi connectivity index (χ1v) is 12.6. The number of amides is 2. The molecule has 2 amide bonds. The van der Waals surface area contributed by atoms with E-state index in [0.29, 0.717) is 44.6 Å². The molecule has 3 aliphatic rings. The second-order valence-electron chi connectivity index (χ2n) is 10.3. The highest BCUT2D eigenvalue weighted by molar-refractivity contribution is 5.89. The van der Waals surface area contributed by atoms with Crippen molar-refractivity contribution in [3.8, 4) is 6.07 Å². The minimum absolute atomic E-state index is 0.0284. The zero-order valence-corrected chi connectivity index (χ0v) is 20.2. The van der Waals surface area contributed by atoms with Gasteiger partial charge in [0.15, 0.2) is 0 Å². The van der Waals surface area contributed by atoms with Crippen molar-refractivity contribution in [3.63, 3.8) is 0 Å². The fourth-order valence-corrected chi connectivity index (χ4v) is 6.11. The van der Waals surface area contributed by atoms with Crippen LogP contribution in [0.1, 0.15) is 68.9 Å². The molecule has 0 aromatic heterocycles. The Morgan fingerprint density at radius 1 is 1.11 bits per heavy atom. The van der Waals surface area contributed by atoms with Crippen molar-refractivity contribution in [2.24, 2.45) is 11.3 Å². The maximum atomic E-state index is 13.5. The lowest BCUT2D eigenvalue weighted by Gasteiger charge is -2.40. The number of hydrogen-bond donors (Lipinski definition) is 1. The van der Waals surface area contributed by atoms with Gasteiger partial charge in [-0.15, -0.1) is 0 Å². The lowest BCUT2D eigenvalue weighted by atomic mass is 9.76. The highest BCUT2D eigenvalue weighted by Crippen LogP contribution is 2.45. The summed E-state index contributed by atoms with van der Waals surface area (Å²) in [5.74, 6) is -0.0887. The van der Waals surface area contributed by atoms with Crippen molar-refractivity contribution in [1.82, 2.24) is 10.2 Å². The molecule has 0 radical (unpaired) electrons. The number of carbonyl (C=O) groups is 2. The van der Waals surface area contributed by atoms with Crippen LogP contribution < -0.4 is 10.2 Å². The molecule has 9 heteroatoms. The highest BCUT2D eigenvalue weighted by atomic mass is 19.4. The first-order valence-electron chi connectivity index (χ1n) is 12.6. The molecule has 0 bridgehead atoms. The molecule has 1 atom stereocenters. The summed E-state index contributed by atoms with van der Waals surface area (Å²) in [6.07, 6.45) is 3.49. The van der Waals surface area contributed by atoms with Crippen molar-refractivity contribution in [2.75, 3.05) is 31.6 Å². The monoisotopic (exact) mass is 490 g/mol. The summed E-state index contributed by atoms with van der Waals surface area (Å²) in [6.45, 7) is 1.60. The van der Waals surface area contributed by atoms with Crippen LogP contribution in [0.4, 0.5) is 18.9 Å². The number of nitrogens with one attached hydrogen (secondary N) is 1. The van der Waals surface area contributed by atoms with Gasteiger partial charge in [0.05, 0.1) is 17.2 Å². The molecule has 35 heavy (non-hydrogen) atoms. The van der Waals surface area contributed by atoms with E-state index in [1.807, 2.05) is 4.90 Å². The third kappa shape index (κ3) is 5.26. The number of hydrogen-bond acceptors (Lipinski definition) is 4. The van der Waals surface area contributed by atoms with Crippen LogP contribution in [-0.4, -0.2) is 49.4 Å². The third-order valence-electron chi connectivity index (χ3n) is 8.16.